The Balaban J connectivity index is 0.975. The van der Waals surface area contributed by atoms with Gasteiger partial charge in [-0.25, -0.2) is 9.98 Å². The van der Waals surface area contributed by atoms with Crippen molar-refractivity contribution in [1.82, 2.24) is 5.32 Å². The zero-order valence-corrected chi connectivity index (χ0v) is 30.2. The van der Waals surface area contributed by atoms with Crippen LogP contribution in [0.25, 0.3) is 77.3 Å². The molecule has 0 spiro atoms. The van der Waals surface area contributed by atoms with Crippen molar-refractivity contribution in [2.24, 2.45) is 9.98 Å². The van der Waals surface area contributed by atoms with Crippen LogP contribution in [-0.4, -0.2) is 11.7 Å². The molecule has 10 aromatic rings. The van der Waals surface area contributed by atoms with Crippen molar-refractivity contribution >= 4 is 55.5 Å². The standard InChI is InChI=1S/C51H33N3O2/c1-3-12-32(13-4-1)33-22-24-35(25-23-33)50-52-49(34-14-5-2-6-15-34)53-51(54-50)37-27-29-42-41-28-26-36(30-46(41)55-47(42)31-37)38-16-7-8-17-39(38)43-19-11-20-44-40-18-9-10-21-45(40)56-48(43)44/h1-31,50H,(H,52,53,54). The molecular formula is C51H33N3O2. The van der Waals surface area contributed by atoms with Gasteiger partial charge in [-0.05, 0) is 63.7 Å². The number of benzene rings is 8. The highest BCUT2D eigenvalue weighted by Crippen LogP contribution is 2.41. The van der Waals surface area contributed by atoms with E-state index in [1.165, 1.54) is 5.56 Å². The Morgan fingerprint density at radius 1 is 0.393 bits per heavy atom. The first-order valence-corrected chi connectivity index (χ1v) is 18.8. The third kappa shape index (κ3) is 5.48. The second kappa shape index (κ2) is 13.1. The largest absolute Gasteiger partial charge is 0.456 e. The van der Waals surface area contributed by atoms with Gasteiger partial charge < -0.3 is 14.2 Å². The van der Waals surface area contributed by atoms with E-state index in [-0.39, 0.29) is 6.17 Å². The summed E-state index contributed by atoms with van der Waals surface area (Å²) in [6, 6.07) is 65.1. The highest BCUT2D eigenvalue weighted by molar-refractivity contribution is 6.15. The Morgan fingerprint density at radius 3 is 1.75 bits per heavy atom. The van der Waals surface area contributed by atoms with Gasteiger partial charge in [0.25, 0.3) is 0 Å². The molecule has 5 heteroatoms. The zero-order chi connectivity index (χ0) is 37.0. The molecule has 1 N–H and O–H groups in total. The summed E-state index contributed by atoms with van der Waals surface area (Å²) in [4.78, 5) is 10.2. The summed E-state index contributed by atoms with van der Waals surface area (Å²) in [7, 11) is 0. The Morgan fingerprint density at radius 2 is 0.964 bits per heavy atom. The molecule has 3 heterocycles. The average molecular weight is 720 g/mol. The summed E-state index contributed by atoms with van der Waals surface area (Å²) in [5.74, 6) is 1.43. The first-order chi connectivity index (χ1) is 27.7. The first-order valence-electron chi connectivity index (χ1n) is 18.8. The maximum Gasteiger partial charge on any atom is 0.159 e. The fourth-order valence-electron chi connectivity index (χ4n) is 7.99. The number of fused-ring (bicyclic) bond motifs is 6. The predicted molar refractivity (Wildman–Crippen MR) is 229 cm³/mol. The van der Waals surface area contributed by atoms with Gasteiger partial charge >= 0.3 is 0 Å². The lowest BCUT2D eigenvalue weighted by Crippen LogP contribution is -2.33. The molecule has 2 aromatic heterocycles. The van der Waals surface area contributed by atoms with Gasteiger partial charge in [0.05, 0.1) is 0 Å². The van der Waals surface area contributed by atoms with Crippen molar-refractivity contribution in [3.05, 3.63) is 205 Å². The van der Waals surface area contributed by atoms with Gasteiger partial charge in [0.15, 0.2) is 5.84 Å². The molecule has 5 nitrogen and oxygen atoms in total. The maximum absolute atomic E-state index is 6.64. The molecule has 1 unspecified atom stereocenters. The molecule has 0 bridgehead atoms. The van der Waals surface area contributed by atoms with Crippen LogP contribution >= 0.6 is 0 Å². The summed E-state index contributed by atoms with van der Waals surface area (Å²) < 4.78 is 13.1. The number of hydrogen-bond donors (Lipinski definition) is 1. The monoisotopic (exact) mass is 719 g/mol. The van der Waals surface area contributed by atoms with E-state index in [1.807, 2.05) is 36.4 Å². The molecule has 0 saturated heterocycles. The Hall–Kier alpha value is -7.50. The van der Waals surface area contributed by atoms with Crippen LogP contribution in [0, 0.1) is 0 Å². The van der Waals surface area contributed by atoms with E-state index in [2.05, 4.69) is 157 Å². The van der Waals surface area contributed by atoms with E-state index < -0.39 is 0 Å². The number of rotatable bonds is 6. The van der Waals surface area contributed by atoms with E-state index in [0.29, 0.717) is 5.84 Å². The molecule has 1 atom stereocenters. The van der Waals surface area contributed by atoms with E-state index >= 15 is 0 Å². The molecule has 56 heavy (non-hydrogen) atoms. The highest BCUT2D eigenvalue weighted by atomic mass is 16.3. The van der Waals surface area contributed by atoms with Crippen LogP contribution in [0.5, 0.6) is 0 Å². The topological polar surface area (TPSA) is 63.0 Å². The van der Waals surface area contributed by atoms with Gasteiger partial charge in [0.2, 0.25) is 0 Å². The van der Waals surface area contributed by atoms with Crippen molar-refractivity contribution in [3.63, 3.8) is 0 Å². The van der Waals surface area contributed by atoms with Crippen molar-refractivity contribution in [1.29, 1.82) is 0 Å². The second-order valence-corrected chi connectivity index (χ2v) is 14.2. The Bertz CT molecular complexity index is 3160. The molecule has 8 aromatic carbocycles. The fraction of sp³-hybridized carbons (Fsp3) is 0.0196. The molecular weight excluding hydrogens is 687 g/mol. The van der Waals surface area contributed by atoms with E-state index in [4.69, 9.17) is 18.8 Å². The van der Waals surface area contributed by atoms with Gasteiger partial charge in [-0.15, -0.1) is 0 Å². The summed E-state index contributed by atoms with van der Waals surface area (Å²) in [6.45, 7) is 0. The number of hydrogen-bond acceptors (Lipinski definition) is 5. The molecule has 0 radical (unpaired) electrons. The first kappa shape index (κ1) is 32.0. The lowest BCUT2D eigenvalue weighted by molar-refractivity contribution is 0.667. The van der Waals surface area contributed by atoms with Crippen LogP contribution in [0.2, 0.25) is 0 Å². The molecule has 0 amide bonds. The summed E-state index contributed by atoms with van der Waals surface area (Å²) in [5.41, 5.74) is 13.0. The minimum Gasteiger partial charge on any atom is -0.456 e. The molecule has 0 saturated carbocycles. The number of aliphatic imine (C=N–C) groups is 2. The van der Waals surface area contributed by atoms with Crippen molar-refractivity contribution < 1.29 is 8.83 Å². The van der Waals surface area contributed by atoms with Gasteiger partial charge in [0.1, 0.15) is 34.3 Å². The van der Waals surface area contributed by atoms with Crippen LogP contribution in [0.3, 0.4) is 0 Å². The number of nitrogens with one attached hydrogen (secondary N) is 1. The Labute approximate surface area is 322 Å². The predicted octanol–water partition coefficient (Wildman–Crippen LogP) is 13.0. The molecule has 0 aliphatic carbocycles. The van der Waals surface area contributed by atoms with Crippen molar-refractivity contribution in [2.75, 3.05) is 0 Å². The van der Waals surface area contributed by atoms with Crippen LogP contribution in [0.1, 0.15) is 22.9 Å². The normalized spacial score (nSPS) is 14.2. The van der Waals surface area contributed by atoms with Gasteiger partial charge in [-0.1, -0.05) is 158 Å². The summed E-state index contributed by atoms with van der Waals surface area (Å²) in [6.07, 6.45) is -0.318. The number of furan rings is 2. The second-order valence-electron chi connectivity index (χ2n) is 14.2. The van der Waals surface area contributed by atoms with Crippen LogP contribution < -0.4 is 5.32 Å². The number of para-hydroxylation sites is 2. The lowest BCUT2D eigenvalue weighted by Gasteiger charge is -2.24. The van der Waals surface area contributed by atoms with E-state index in [9.17, 15) is 0 Å². The lowest BCUT2D eigenvalue weighted by atomic mass is 9.93. The average Bonchev–Trinajstić information content (AvgIpc) is 3.85. The van der Waals surface area contributed by atoms with Crippen molar-refractivity contribution in [3.8, 4) is 33.4 Å². The highest BCUT2D eigenvalue weighted by Gasteiger charge is 2.22. The minimum atomic E-state index is -0.318. The maximum atomic E-state index is 6.64. The van der Waals surface area contributed by atoms with E-state index in [0.717, 1.165) is 94.2 Å². The van der Waals surface area contributed by atoms with Gasteiger partial charge in [0, 0.05) is 38.2 Å². The summed E-state index contributed by atoms with van der Waals surface area (Å²) >= 11 is 0. The Kier molecular flexibility index (Phi) is 7.49. The molecule has 1 aliphatic rings. The van der Waals surface area contributed by atoms with Crippen LogP contribution in [-0.2, 0) is 0 Å². The SMILES string of the molecule is c1ccc(C2=NC(c3ccc4c(c3)oc3cc(-c5ccccc5-c5cccc6c5oc5ccccc56)ccc34)=NC(c3ccc(-c4ccccc4)cc3)N2)cc1. The summed E-state index contributed by atoms with van der Waals surface area (Å²) in [5, 5.41) is 7.93. The minimum absolute atomic E-state index is 0.318. The quantitative estimate of drug-likeness (QED) is 0.186. The van der Waals surface area contributed by atoms with E-state index in [1.54, 1.807) is 0 Å². The smallest absolute Gasteiger partial charge is 0.159 e. The molecule has 264 valence electrons. The molecule has 11 rings (SSSR count). The molecule has 1 aliphatic heterocycles. The number of nitrogens with zero attached hydrogens (tertiary/aromatic N) is 2. The van der Waals surface area contributed by atoms with Gasteiger partial charge in [-0.3, -0.25) is 0 Å². The van der Waals surface area contributed by atoms with Gasteiger partial charge in [-0.2, -0.15) is 0 Å². The zero-order valence-electron chi connectivity index (χ0n) is 30.2. The fourth-order valence-corrected chi connectivity index (χ4v) is 7.99. The third-order valence-corrected chi connectivity index (χ3v) is 10.8. The van der Waals surface area contributed by atoms with Crippen LogP contribution in [0.15, 0.2) is 207 Å². The van der Waals surface area contributed by atoms with Crippen LogP contribution in [0.4, 0.5) is 0 Å². The third-order valence-electron chi connectivity index (χ3n) is 10.8. The van der Waals surface area contributed by atoms with Crippen molar-refractivity contribution in [2.45, 2.75) is 6.17 Å². The number of amidine groups is 2. The molecule has 0 fully saturated rings.